The molecule has 0 unspecified atom stereocenters. The molecule has 1 aromatic rings. The molecule has 1 aromatic carbocycles. The normalized spacial score (nSPS) is 10.6. The summed E-state index contributed by atoms with van der Waals surface area (Å²) in [5, 5.41) is 0.465. The highest BCUT2D eigenvalue weighted by Crippen LogP contribution is 2.00. The Kier molecular flexibility index (Phi) is 2.93. The third-order valence-electron chi connectivity index (χ3n) is 2.00. The Morgan fingerprint density at radius 2 is 1.36 bits per heavy atom. The van der Waals surface area contributed by atoms with E-state index in [1.54, 1.807) is 24.3 Å². The second kappa shape index (κ2) is 3.97. The van der Waals surface area contributed by atoms with Crippen LogP contribution in [0.5, 0.6) is 0 Å². The van der Waals surface area contributed by atoms with Gasteiger partial charge in [-0.2, -0.15) is 0 Å². The minimum Gasteiger partial charge on any atom is -0.399 e. The summed E-state index contributed by atoms with van der Waals surface area (Å²) in [6, 6.07) is 6.21. The van der Waals surface area contributed by atoms with Crippen molar-refractivity contribution >= 4 is 36.7 Å². The quantitative estimate of drug-likeness (QED) is 0.400. The van der Waals surface area contributed by atoms with Gasteiger partial charge in [-0.3, -0.25) is 0 Å². The summed E-state index contributed by atoms with van der Waals surface area (Å²) >= 11 is 0. The van der Waals surface area contributed by atoms with E-state index >= 15 is 0 Å². The minimum atomic E-state index is -3.21. The van der Waals surface area contributed by atoms with Crippen LogP contribution in [0.4, 0.5) is 5.69 Å². The lowest BCUT2D eigenvalue weighted by atomic mass is 10.3. The van der Waals surface area contributed by atoms with E-state index in [0.717, 1.165) is 0 Å². The molecular formula is C9H9NO3Si. The second-order valence-corrected chi connectivity index (χ2v) is 6.06. The Labute approximate surface area is 81.7 Å². The molecule has 0 amide bonds. The monoisotopic (exact) mass is 207 g/mol. The number of anilines is 1. The first kappa shape index (κ1) is 10.3. The van der Waals surface area contributed by atoms with Gasteiger partial charge in [0.15, 0.2) is 0 Å². The van der Waals surface area contributed by atoms with E-state index in [1.165, 1.54) is 0 Å². The van der Waals surface area contributed by atoms with Crippen molar-refractivity contribution in [3.8, 4) is 0 Å². The smallest absolute Gasteiger partial charge is 0.295 e. The van der Waals surface area contributed by atoms with Crippen molar-refractivity contribution in [3.05, 3.63) is 24.3 Å². The Bertz CT molecular complexity index is 339. The van der Waals surface area contributed by atoms with Gasteiger partial charge >= 0.3 is 0 Å². The Morgan fingerprint density at radius 1 is 0.929 bits per heavy atom. The van der Waals surface area contributed by atoms with E-state index < -0.39 is 8.07 Å². The molecule has 2 N–H and O–H groups in total. The van der Waals surface area contributed by atoms with E-state index in [2.05, 4.69) is 0 Å². The molecule has 0 aliphatic carbocycles. The molecule has 0 saturated carbocycles. The SMILES string of the molecule is Nc1ccc([Si](C=O)(C=O)C=O)cc1. The van der Waals surface area contributed by atoms with E-state index in [9.17, 15) is 14.4 Å². The molecule has 0 spiro atoms. The van der Waals surface area contributed by atoms with Crippen molar-refractivity contribution in [1.82, 2.24) is 0 Å². The Balaban J connectivity index is 3.24. The summed E-state index contributed by atoms with van der Waals surface area (Å²) < 4.78 is 0. The van der Waals surface area contributed by atoms with Crippen LogP contribution >= 0.6 is 0 Å². The zero-order valence-electron chi connectivity index (χ0n) is 7.34. The first-order chi connectivity index (χ1) is 6.68. The number of hydrogen-bond donors (Lipinski definition) is 1. The van der Waals surface area contributed by atoms with Gasteiger partial charge in [0.05, 0.1) is 0 Å². The average molecular weight is 207 g/mol. The number of nitrogens with two attached hydrogens (primary N) is 1. The highest BCUT2D eigenvalue weighted by Gasteiger charge is 2.35. The fraction of sp³-hybridized carbons (Fsp3) is 0. The molecule has 0 aliphatic heterocycles. The van der Waals surface area contributed by atoms with Crippen molar-refractivity contribution in [1.29, 1.82) is 0 Å². The van der Waals surface area contributed by atoms with Gasteiger partial charge < -0.3 is 20.1 Å². The molecule has 0 aliphatic rings. The summed E-state index contributed by atoms with van der Waals surface area (Å²) in [5.41, 5.74) is 5.97. The van der Waals surface area contributed by atoms with Crippen molar-refractivity contribution in [3.63, 3.8) is 0 Å². The molecule has 0 saturated heterocycles. The van der Waals surface area contributed by atoms with Gasteiger partial charge in [0.2, 0.25) is 0 Å². The van der Waals surface area contributed by atoms with E-state index in [1.807, 2.05) is 0 Å². The van der Waals surface area contributed by atoms with Crippen LogP contribution in [0.2, 0.25) is 0 Å². The minimum absolute atomic E-state index is 0.457. The molecule has 0 atom stereocenters. The summed E-state index contributed by atoms with van der Waals surface area (Å²) in [4.78, 5) is 32.2. The topological polar surface area (TPSA) is 77.2 Å². The zero-order valence-corrected chi connectivity index (χ0v) is 8.34. The van der Waals surface area contributed by atoms with Crippen molar-refractivity contribution in [2.75, 3.05) is 5.73 Å². The maximum atomic E-state index is 10.7. The Hall–Kier alpha value is -1.75. The summed E-state index contributed by atoms with van der Waals surface area (Å²) in [7, 11) is -3.21. The molecule has 0 bridgehead atoms. The van der Waals surface area contributed by atoms with Gasteiger partial charge in [0.1, 0.15) is 17.7 Å². The van der Waals surface area contributed by atoms with Crippen LogP contribution in [-0.2, 0) is 14.4 Å². The molecule has 0 fully saturated rings. The van der Waals surface area contributed by atoms with E-state index in [-0.39, 0.29) is 0 Å². The molecule has 72 valence electrons. The summed E-state index contributed by atoms with van der Waals surface area (Å²) in [5.74, 6) is 1.37. The first-order valence-electron chi connectivity index (χ1n) is 3.93. The average Bonchev–Trinajstić information content (AvgIpc) is 2.24. The number of rotatable bonds is 4. The van der Waals surface area contributed by atoms with E-state index in [4.69, 9.17) is 5.73 Å². The fourth-order valence-electron chi connectivity index (χ4n) is 1.06. The number of carbonyl (C=O) groups is 3. The van der Waals surface area contributed by atoms with Crippen LogP contribution in [-0.4, -0.2) is 25.8 Å². The predicted molar refractivity (Wildman–Crippen MR) is 56.5 cm³/mol. The summed E-state index contributed by atoms with van der Waals surface area (Å²) in [6.45, 7) is 0. The van der Waals surface area contributed by atoms with Gasteiger partial charge in [-0.25, -0.2) is 0 Å². The molecule has 0 heterocycles. The fourth-order valence-corrected chi connectivity index (χ4v) is 2.38. The highest BCUT2D eigenvalue weighted by atomic mass is 28.3. The lowest BCUT2D eigenvalue weighted by Crippen LogP contribution is -2.54. The third-order valence-corrected chi connectivity index (χ3v) is 4.50. The van der Waals surface area contributed by atoms with Gasteiger partial charge in [-0.1, -0.05) is 12.1 Å². The van der Waals surface area contributed by atoms with Crippen molar-refractivity contribution in [2.45, 2.75) is 0 Å². The first-order valence-corrected chi connectivity index (χ1v) is 6.17. The van der Waals surface area contributed by atoms with E-state index in [0.29, 0.717) is 28.6 Å². The third kappa shape index (κ3) is 1.62. The molecule has 5 heteroatoms. The van der Waals surface area contributed by atoms with Crippen LogP contribution in [0.15, 0.2) is 24.3 Å². The van der Waals surface area contributed by atoms with Crippen LogP contribution < -0.4 is 10.9 Å². The van der Waals surface area contributed by atoms with Crippen molar-refractivity contribution < 1.29 is 14.4 Å². The van der Waals surface area contributed by atoms with Crippen LogP contribution in [0.3, 0.4) is 0 Å². The van der Waals surface area contributed by atoms with Gasteiger partial charge in [0.25, 0.3) is 8.07 Å². The predicted octanol–water partition coefficient (Wildman–Crippen LogP) is -0.760. The van der Waals surface area contributed by atoms with Gasteiger partial charge in [-0.15, -0.1) is 0 Å². The standard InChI is InChI=1S/C9H9NO3Si/c10-8-1-3-9(4-2-8)14(5-11,6-12)7-13/h1-7H,10H2. The Morgan fingerprint density at radius 3 is 1.71 bits per heavy atom. The maximum Gasteiger partial charge on any atom is 0.295 e. The van der Waals surface area contributed by atoms with Gasteiger partial charge in [-0.05, 0) is 17.3 Å². The zero-order chi connectivity index (χ0) is 10.6. The number of nitrogen functional groups attached to an aromatic ring is 1. The molecule has 0 radical (unpaired) electrons. The number of carbonyl (C=O) groups excluding carboxylic acids is 3. The number of hydrogen-bond acceptors (Lipinski definition) is 4. The molecule has 4 nitrogen and oxygen atoms in total. The highest BCUT2D eigenvalue weighted by molar-refractivity contribution is 7.39. The molecular weight excluding hydrogens is 198 g/mol. The van der Waals surface area contributed by atoms with Crippen LogP contribution in [0.25, 0.3) is 0 Å². The second-order valence-electron chi connectivity index (χ2n) is 2.91. The van der Waals surface area contributed by atoms with Crippen LogP contribution in [0, 0.1) is 0 Å². The lowest BCUT2D eigenvalue weighted by molar-refractivity contribution is 0.558. The molecule has 1 rings (SSSR count). The lowest BCUT2D eigenvalue weighted by Gasteiger charge is -2.10. The maximum absolute atomic E-state index is 10.7. The van der Waals surface area contributed by atoms with Gasteiger partial charge in [0, 0.05) is 5.69 Å². The largest absolute Gasteiger partial charge is 0.399 e. The van der Waals surface area contributed by atoms with Crippen molar-refractivity contribution in [2.24, 2.45) is 0 Å². The summed E-state index contributed by atoms with van der Waals surface area (Å²) in [6.07, 6.45) is 0. The van der Waals surface area contributed by atoms with Crippen LogP contribution in [0.1, 0.15) is 0 Å². The molecule has 0 aromatic heterocycles. The molecule has 14 heavy (non-hydrogen) atoms. The number of benzene rings is 1.